The predicted molar refractivity (Wildman–Crippen MR) is 225 cm³/mol. The van der Waals surface area contributed by atoms with Crippen LogP contribution in [0.3, 0.4) is 0 Å². The molecule has 0 saturated heterocycles. The van der Waals surface area contributed by atoms with Gasteiger partial charge in [0, 0.05) is 0 Å². The maximum atomic E-state index is 2.67. The number of rotatable bonds is 11. The first-order valence-corrected chi connectivity index (χ1v) is 33.6. The average molecular weight is 709 g/mol. The van der Waals surface area contributed by atoms with Crippen LogP contribution >= 0.6 is 15.4 Å². The Morgan fingerprint density at radius 3 is 1.33 bits per heavy atom. The Kier molecular flexibility index (Phi) is 12.2. The fourth-order valence-corrected chi connectivity index (χ4v) is 70.6. The SMILES string of the molecule is CC(C)[Si](P[Si](C)(C)c1cccc(-c2cccc([Si](P[Si](C)(C)C(C)(C)C)(c3ccccc3)C(C)(C)C)c2)c1)(C(C)C)C(C)C. The second-order valence-corrected chi connectivity index (χ2v) is 54.6. The summed E-state index contributed by atoms with van der Waals surface area (Å²) in [5.41, 5.74) is 5.26. The van der Waals surface area contributed by atoms with E-state index in [1.165, 1.54) is 11.1 Å². The van der Waals surface area contributed by atoms with Gasteiger partial charge in [0.1, 0.15) is 7.74 Å². The summed E-state index contributed by atoms with van der Waals surface area (Å²) in [5.74, 6) is 0. The highest BCUT2D eigenvalue weighted by Gasteiger charge is 2.53. The van der Waals surface area contributed by atoms with Crippen LogP contribution in [0.4, 0.5) is 0 Å². The van der Waals surface area contributed by atoms with E-state index in [0.29, 0.717) is 5.04 Å². The fourth-order valence-electron chi connectivity index (χ4n) is 7.77. The molecule has 0 nitrogen and oxygen atoms in total. The van der Waals surface area contributed by atoms with Gasteiger partial charge in [-0.05, 0) is 48.2 Å². The minimum Gasteiger partial charge on any atom is -0.139 e. The molecule has 45 heavy (non-hydrogen) atoms. The first-order valence-electron chi connectivity index (χ1n) is 17.4. The van der Waals surface area contributed by atoms with E-state index in [2.05, 4.69) is 188 Å². The topological polar surface area (TPSA) is 0 Å². The van der Waals surface area contributed by atoms with Crippen molar-refractivity contribution >= 4 is 61.9 Å². The van der Waals surface area contributed by atoms with Gasteiger partial charge < -0.3 is 0 Å². The summed E-state index contributed by atoms with van der Waals surface area (Å²) < 4.78 is 0. The lowest BCUT2D eigenvalue weighted by Crippen LogP contribution is -2.63. The van der Waals surface area contributed by atoms with Crippen molar-refractivity contribution in [3.8, 4) is 11.1 Å². The minimum atomic E-state index is -2.17. The summed E-state index contributed by atoms with van der Waals surface area (Å²) in [6.45, 7) is 41.0. The second-order valence-electron chi connectivity index (χ2n) is 17.7. The van der Waals surface area contributed by atoms with E-state index in [1.807, 2.05) is 0 Å². The van der Waals surface area contributed by atoms with Crippen molar-refractivity contribution in [2.45, 2.75) is 136 Å². The highest BCUT2D eigenvalue weighted by atomic mass is 31.6. The molecule has 0 saturated carbocycles. The molecule has 3 aromatic carbocycles. The summed E-state index contributed by atoms with van der Waals surface area (Å²) >= 11 is 0. The Labute approximate surface area is 286 Å². The van der Waals surface area contributed by atoms with E-state index in [9.17, 15) is 0 Å². The van der Waals surface area contributed by atoms with Gasteiger partial charge in [-0.3, -0.25) is 0 Å². The summed E-state index contributed by atoms with van der Waals surface area (Å²) in [6, 6.07) is 31.4. The van der Waals surface area contributed by atoms with Crippen molar-refractivity contribution in [1.82, 2.24) is 0 Å². The highest BCUT2D eigenvalue weighted by molar-refractivity contribution is 8.11. The van der Waals surface area contributed by atoms with E-state index in [4.69, 9.17) is 0 Å². The third kappa shape index (κ3) is 7.84. The summed E-state index contributed by atoms with van der Waals surface area (Å²) in [6.07, 6.45) is 0. The third-order valence-electron chi connectivity index (χ3n) is 11.3. The van der Waals surface area contributed by atoms with Crippen LogP contribution in [0.2, 0.25) is 52.9 Å². The maximum absolute atomic E-state index is 2.67. The van der Waals surface area contributed by atoms with Gasteiger partial charge in [0.2, 0.25) is 0 Å². The second kappa shape index (κ2) is 14.1. The van der Waals surface area contributed by atoms with Gasteiger partial charge in [0.05, 0.1) is 23.2 Å². The summed E-state index contributed by atoms with van der Waals surface area (Å²) in [5, 5.41) is 5.42. The van der Waals surface area contributed by atoms with Gasteiger partial charge in [-0.2, -0.15) is 0 Å². The van der Waals surface area contributed by atoms with Crippen LogP contribution in [0.25, 0.3) is 11.1 Å². The first-order chi connectivity index (χ1) is 20.5. The van der Waals surface area contributed by atoms with E-state index in [1.54, 1.807) is 15.6 Å². The Bertz CT molecular complexity index is 1390. The van der Waals surface area contributed by atoms with E-state index in [0.717, 1.165) is 32.0 Å². The Morgan fingerprint density at radius 2 is 0.911 bits per heavy atom. The molecule has 0 bridgehead atoms. The van der Waals surface area contributed by atoms with Gasteiger partial charge in [0.25, 0.3) is 0 Å². The van der Waals surface area contributed by atoms with Crippen LogP contribution < -0.4 is 15.6 Å². The van der Waals surface area contributed by atoms with Crippen molar-refractivity contribution in [3.63, 3.8) is 0 Å². The Balaban J connectivity index is 2.22. The molecule has 3 atom stereocenters. The van der Waals surface area contributed by atoms with Crippen molar-refractivity contribution < 1.29 is 0 Å². The lowest BCUT2D eigenvalue weighted by molar-refractivity contribution is 0.734. The lowest BCUT2D eigenvalue weighted by Gasteiger charge is -2.51. The molecular formula is C39H66P2Si4. The first kappa shape index (κ1) is 38.8. The number of hydrogen-bond donors (Lipinski definition) is 0. The van der Waals surface area contributed by atoms with Crippen molar-refractivity contribution in [2.24, 2.45) is 0 Å². The van der Waals surface area contributed by atoms with Crippen molar-refractivity contribution in [1.29, 1.82) is 0 Å². The van der Waals surface area contributed by atoms with Crippen LogP contribution in [0.15, 0.2) is 78.9 Å². The molecule has 0 aliphatic rings. The quantitative estimate of drug-likeness (QED) is 0.137. The molecule has 6 heteroatoms. The van der Waals surface area contributed by atoms with Crippen molar-refractivity contribution in [3.05, 3.63) is 78.9 Å². The van der Waals surface area contributed by atoms with Gasteiger partial charge in [-0.15, -0.1) is 15.4 Å². The van der Waals surface area contributed by atoms with Gasteiger partial charge >= 0.3 is 0 Å². The zero-order valence-corrected chi connectivity index (χ0v) is 37.7. The zero-order valence-electron chi connectivity index (χ0n) is 31.7. The maximum Gasteiger partial charge on any atom is 0.142 e. The third-order valence-corrected chi connectivity index (χ3v) is 66.2. The normalized spacial score (nSPS) is 15.7. The predicted octanol–water partition coefficient (Wildman–Crippen LogP) is 12.2. The van der Waals surface area contributed by atoms with Gasteiger partial charge in [0.15, 0.2) is 0 Å². The average Bonchev–Trinajstić information content (AvgIpc) is 2.93. The highest BCUT2D eigenvalue weighted by Crippen LogP contribution is 2.58. The molecule has 0 heterocycles. The zero-order chi connectivity index (χ0) is 34.2. The molecule has 248 valence electrons. The molecule has 0 N–H and O–H groups in total. The molecule has 0 aliphatic carbocycles. The molecule has 0 aromatic heterocycles. The van der Waals surface area contributed by atoms with Crippen LogP contribution in [-0.4, -0.2) is 31.0 Å². The van der Waals surface area contributed by atoms with Gasteiger partial charge in [-0.25, -0.2) is 0 Å². The van der Waals surface area contributed by atoms with E-state index < -0.39 is 31.0 Å². The van der Waals surface area contributed by atoms with Crippen LogP contribution in [0.1, 0.15) is 83.1 Å². The van der Waals surface area contributed by atoms with Gasteiger partial charge in [-0.1, -0.05) is 193 Å². The smallest absolute Gasteiger partial charge is 0.139 e. The molecule has 0 spiro atoms. The standard InChI is InChI=1S/C39H66P2Si4/c1-30(2)44(31(3)4,32(5)6)40-42(13,14)36-26-20-22-33(28-36)34-23-21-27-37(29-34)45(39(10,11)12,35-24-18-17-19-25-35)41-43(15,16)38(7,8)9/h17-32,40-41H,1-16H3. The molecule has 3 rings (SSSR count). The number of hydrogen-bond acceptors (Lipinski definition) is 0. The largest absolute Gasteiger partial charge is 0.142 e. The molecule has 0 aliphatic heterocycles. The van der Waals surface area contributed by atoms with Crippen LogP contribution in [-0.2, 0) is 0 Å². The number of benzene rings is 3. The Hall–Kier alpha value is -0.612. The van der Waals surface area contributed by atoms with E-state index >= 15 is 0 Å². The molecular weight excluding hydrogens is 643 g/mol. The van der Waals surface area contributed by atoms with E-state index in [-0.39, 0.29) is 5.04 Å². The molecule has 0 radical (unpaired) electrons. The van der Waals surface area contributed by atoms with Crippen molar-refractivity contribution in [2.75, 3.05) is 0 Å². The fraction of sp³-hybridized carbons (Fsp3) is 0.538. The summed E-state index contributed by atoms with van der Waals surface area (Å²) in [7, 11) is -4.76. The molecule has 0 fully saturated rings. The van der Waals surface area contributed by atoms with Crippen LogP contribution in [0.5, 0.6) is 0 Å². The molecule has 0 amide bonds. The molecule has 3 aromatic rings. The summed E-state index contributed by atoms with van der Waals surface area (Å²) in [4.78, 5) is 0. The lowest BCUT2D eigenvalue weighted by atomic mass is 10.1. The monoisotopic (exact) mass is 708 g/mol. The minimum absolute atomic E-state index is 0.192. The molecule has 3 unspecified atom stereocenters. The van der Waals surface area contributed by atoms with Crippen LogP contribution in [0, 0.1) is 0 Å². The Morgan fingerprint density at radius 1 is 0.489 bits per heavy atom.